The molecule has 56 heavy (non-hydrogen) atoms. The fourth-order valence-electron chi connectivity index (χ4n) is 8.00. The summed E-state index contributed by atoms with van der Waals surface area (Å²) in [6.07, 6.45) is 58.7. The van der Waals surface area contributed by atoms with Crippen LogP contribution in [0.3, 0.4) is 0 Å². The minimum absolute atomic E-state index is 0.794. The van der Waals surface area contributed by atoms with E-state index in [1.54, 1.807) is 0 Å². The van der Waals surface area contributed by atoms with Gasteiger partial charge in [0, 0.05) is 37.1 Å². The van der Waals surface area contributed by atoms with Gasteiger partial charge in [-0.3, -0.25) is 0 Å². The molecule has 0 unspecified atom stereocenters. The van der Waals surface area contributed by atoms with Crippen LogP contribution in [0.15, 0.2) is 49.1 Å². The Morgan fingerprint density at radius 1 is 0.286 bits per heavy atom. The van der Waals surface area contributed by atoms with Gasteiger partial charge in [0.05, 0.1) is 13.2 Å². The second kappa shape index (κ2) is 39.7. The van der Waals surface area contributed by atoms with Crippen molar-refractivity contribution in [2.45, 2.75) is 258 Å². The van der Waals surface area contributed by atoms with Crippen molar-refractivity contribution in [3.63, 3.8) is 0 Å². The Morgan fingerprint density at radius 2 is 0.500 bits per heavy atom. The molecule has 0 spiro atoms. The number of hydrogen-bond acceptors (Lipinski definition) is 2. The maximum absolute atomic E-state index is 6.02. The van der Waals surface area contributed by atoms with Crippen LogP contribution in [0.1, 0.15) is 245 Å². The van der Waals surface area contributed by atoms with Gasteiger partial charge in [0.15, 0.2) is 24.8 Å². The van der Waals surface area contributed by atoms with E-state index < -0.39 is 0 Å². The van der Waals surface area contributed by atoms with Crippen LogP contribution in [0, 0.1) is 0 Å². The smallest absolute Gasteiger partial charge is 0.172 e. The maximum atomic E-state index is 6.02. The predicted octanol–water partition coefficient (Wildman–Crippen LogP) is 15.8. The molecule has 0 amide bonds. The molecule has 0 radical (unpaired) electrons. The monoisotopic (exact) mass is 779 g/mol. The van der Waals surface area contributed by atoms with E-state index in [0.717, 1.165) is 50.6 Å². The van der Waals surface area contributed by atoms with Crippen LogP contribution in [0.4, 0.5) is 0 Å². The third kappa shape index (κ3) is 31.9. The molecule has 2 aromatic rings. The lowest BCUT2D eigenvalue weighted by atomic mass is 10.0. The average Bonchev–Trinajstić information content (AvgIpc) is 3.22. The summed E-state index contributed by atoms with van der Waals surface area (Å²) in [5.41, 5.74) is 0. The highest BCUT2D eigenvalue weighted by molar-refractivity contribution is 5.15. The lowest BCUT2D eigenvalue weighted by Crippen LogP contribution is -2.32. The number of ether oxygens (including phenoxy) is 2. The summed E-state index contributed by atoms with van der Waals surface area (Å²) in [5, 5.41) is 0. The van der Waals surface area contributed by atoms with Crippen LogP contribution in [0.25, 0.3) is 0 Å². The van der Waals surface area contributed by atoms with Gasteiger partial charge in [-0.1, -0.05) is 194 Å². The number of nitrogens with zero attached hydrogens (tertiary/aromatic N) is 2. The zero-order chi connectivity index (χ0) is 39.7. The minimum Gasteiger partial charge on any atom is -0.493 e. The Kier molecular flexibility index (Phi) is 35.5. The van der Waals surface area contributed by atoms with Gasteiger partial charge in [-0.25, -0.2) is 9.13 Å². The van der Waals surface area contributed by atoms with E-state index in [0.29, 0.717) is 0 Å². The molecule has 0 saturated heterocycles. The summed E-state index contributed by atoms with van der Waals surface area (Å²) in [7, 11) is 0. The standard InChI is InChI=1S/C52H94N2O2/c1-3-5-7-9-11-13-15-17-19-21-23-25-27-29-31-35-43-53-45-39-51(40-46-53)55-49-37-33-34-38-50-56-52-41-47-54(48-42-52)44-36-32-30-28-26-24-22-20-18-16-14-12-10-8-6-4-2/h39-42,45-48H,3-38,43-44,49-50H2,1-2H3/q+2. The van der Waals surface area contributed by atoms with E-state index in [1.165, 1.54) is 218 Å². The van der Waals surface area contributed by atoms with Crippen molar-refractivity contribution in [1.82, 2.24) is 0 Å². The zero-order valence-electron chi connectivity index (χ0n) is 37.6. The molecule has 0 aliphatic heterocycles. The third-order valence-electron chi connectivity index (χ3n) is 11.8. The molecule has 0 saturated carbocycles. The molecule has 0 aliphatic carbocycles. The molecule has 322 valence electrons. The SMILES string of the molecule is CCCCCCCCCCCCCCCCCC[n+]1ccc(OCCCCCCOc2cc[n+](CCCCCCCCCCCCCCCCCC)cc2)cc1. The highest BCUT2D eigenvalue weighted by Gasteiger charge is 2.05. The summed E-state index contributed by atoms with van der Waals surface area (Å²) < 4.78 is 16.7. The lowest BCUT2D eigenvalue weighted by molar-refractivity contribution is -0.697. The molecule has 0 bridgehead atoms. The van der Waals surface area contributed by atoms with E-state index in [-0.39, 0.29) is 0 Å². The number of rotatable bonds is 43. The third-order valence-corrected chi connectivity index (χ3v) is 11.8. The molecule has 2 aromatic heterocycles. The summed E-state index contributed by atoms with van der Waals surface area (Å²) in [4.78, 5) is 0. The second-order valence-corrected chi connectivity index (χ2v) is 17.3. The molecule has 4 nitrogen and oxygen atoms in total. The van der Waals surface area contributed by atoms with E-state index in [2.05, 4.69) is 72.0 Å². The topological polar surface area (TPSA) is 26.2 Å². The maximum Gasteiger partial charge on any atom is 0.172 e. The first-order valence-corrected chi connectivity index (χ1v) is 25.1. The van der Waals surface area contributed by atoms with Gasteiger partial charge in [-0.2, -0.15) is 0 Å². The van der Waals surface area contributed by atoms with Gasteiger partial charge in [-0.05, 0) is 38.5 Å². The van der Waals surface area contributed by atoms with Crippen molar-refractivity contribution in [1.29, 1.82) is 0 Å². The van der Waals surface area contributed by atoms with Crippen molar-refractivity contribution in [3.05, 3.63) is 49.1 Å². The molecular formula is C52H94N2O2+2. The van der Waals surface area contributed by atoms with E-state index in [4.69, 9.17) is 9.47 Å². The largest absolute Gasteiger partial charge is 0.493 e. The first kappa shape index (κ1) is 50.0. The molecule has 0 atom stereocenters. The van der Waals surface area contributed by atoms with Crippen molar-refractivity contribution in [3.8, 4) is 11.5 Å². The highest BCUT2D eigenvalue weighted by Crippen LogP contribution is 2.16. The number of hydrogen-bond donors (Lipinski definition) is 0. The van der Waals surface area contributed by atoms with Crippen molar-refractivity contribution in [2.24, 2.45) is 0 Å². The van der Waals surface area contributed by atoms with E-state index >= 15 is 0 Å². The summed E-state index contributed by atoms with van der Waals surface area (Å²) in [5.74, 6) is 1.99. The Bertz CT molecular complexity index is 970. The molecule has 2 rings (SSSR count). The van der Waals surface area contributed by atoms with Gasteiger partial charge in [-0.15, -0.1) is 0 Å². The molecule has 0 aliphatic rings. The number of pyridine rings is 2. The minimum atomic E-state index is 0.794. The van der Waals surface area contributed by atoms with Crippen molar-refractivity contribution in [2.75, 3.05) is 13.2 Å². The van der Waals surface area contributed by atoms with E-state index in [1.807, 2.05) is 0 Å². The van der Waals surface area contributed by atoms with Gasteiger partial charge in [0.2, 0.25) is 0 Å². The normalized spacial score (nSPS) is 11.4. The van der Waals surface area contributed by atoms with Crippen LogP contribution in [0.2, 0.25) is 0 Å². The number of unbranched alkanes of at least 4 members (excludes halogenated alkanes) is 33. The van der Waals surface area contributed by atoms with Crippen molar-refractivity contribution < 1.29 is 18.6 Å². The first-order valence-electron chi connectivity index (χ1n) is 25.1. The highest BCUT2D eigenvalue weighted by atomic mass is 16.5. The quantitative estimate of drug-likeness (QED) is 0.0495. The zero-order valence-corrected chi connectivity index (χ0v) is 37.6. The van der Waals surface area contributed by atoms with Gasteiger partial charge < -0.3 is 9.47 Å². The van der Waals surface area contributed by atoms with Gasteiger partial charge in [0.25, 0.3) is 0 Å². The summed E-state index contributed by atoms with van der Waals surface area (Å²) in [6.45, 7) is 8.42. The van der Waals surface area contributed by atoms with Crippen LogP contribution >= 0.6 is 0 Å². The fourth-order valence-corrected chi connectivity index (χ4v) is 8.00. The fraction of sp³-hybridized carbons (Fsp3) is 0.808. The number of aromatic nitrogens is 2. The Labute approximate surface area is 349 Å². The van der Waals surface area contributed by atoms with Crippen molar-refractivity contribution >= 4 is 0 Å². The summed E-state index contributed by atoms with van der Waals surface area (Å²) in [6, 6.07) is 8.52. The van der Waals surface area contributed by atoms with Gasteiger partial charge >= 0.3 is 0 Å². The molecule has 2 heterocycles. The average molecular weight is 779 g/mol. The van der Waals surface area contributed by atoms with Crippen LogP contribution in [-0.4, -0.2) is 13.2 Å². The Hall–Kier alpha value is -2.10. The summed E-state index contributed by atoms with van der Waals surface area (Å²) >= 11 is 0. The molecular weight excluding hydrogens is 685 g/mol. The van der Waals surface area contributed by atoms with E-state index in [9.17, 15) is 0 Å². The molecule has 0 N–H and O–H groups in total. The Balaban J connectivity index is 1.31. The Morgan fingerprint density at radius 3 is 0.750 bits per heavy atom. The lowest BCUT2D eigenvalue weighted by Gasteiger charge is -2.07. The van der Waals surface area contributed by atoms with Crippen LogP contribution in [0.5, 0.6) is 11.5 Å². The van der Waals surface area contributed by atoms with Crippen LogP contribution in [-0.2, 0) is 13.1 Å². The number of aryl methyl sites for hydroxylation is 2. The molecule has 0 aromatic carbocycles. The molecule has 4 heteroatoms. The first-order chi connectivity index (χ1) is 27.8. The molecule has 0 fully saturated rings. The second-order valence-electron chi connectivity index (χ2n) is 17.3. The van der Waals surface area contributed by atoms with Crippen LogP contribution < -0.4 is 18.6 Å². The predicted molar refractivity (Wildman–Crippen MR) is 242 cm³/mol. The van der Waals surface area contributed by atoms with Gasteiger partial charge in [0.1, 0.15) is 24.6 Å².